The second kappa shape index (κ2) is 7.87. The molecule has 0 saturated carbocycles. The average molecular weight is 415 g/mol. The minimum Gasteiger partial charge on any atom is -0.482 e. The largest absolute Gasteiger partial charge is 0.482 e. The predicted molar refractivity (Wildman–Crippen MR) is 112 cm³/mol. The van der Waals surface area contributed by atoms with Gasteiger partial charge in [0, 0.05) is 33.2 Å². The van der Waals surface area contributed by atoms with Gasteiger partial charge in [0.05, 0.1) is 10.7 Å². The van der Waals surface area contributed by atoms with Gasteiger partial charge in [-0.3, -0.25) is 9.48 Å². The van der Waals surface area contributed by atoms with Crippen LogP contribution in [0.1, 0.15) is 11.5 Å². The molecule has 1 aliphatic rings. The molecule has 152 valence electrons. The first-order valence-electron chi connectivity index (χ1n) is 9.52. The lowest BCUT2D eigenvalue weighted by Crippen LogP contribution is -2.50. The number of piperazine rings is 1. The molecule has 0 bridgehead atoms. The lowest BCUT2D eigenvalue weighted by Gasteiger charge is -2.35. The molecule has 0 radical (unpaired) electrons. The SMILES string of the molecule is Cc1nc(N2CCN(C(=O)COc3ccccc3Cl)CC2)c2c(n1)c(C)nn2C. The van der Waals surface area contributed by atoms with Crippen LogP contribution in [0.2, 0.25) is 5.02 Å². The molecule has 1 aliphatic heterocycles. The molecule has 4 rings (SSSR count). The molecule has 29 heavy (non-hydrogen) atoms. The van der Waals surface area contributed by atoms with Crippen molar-refractivity contribution >= 4 is 34.4 Å². The Labute approximate surface area is 174 Å². The molecular formula is C20H23ClN6O2. The lowest BCUT2D eigenvalue weighted by atomic mass is 10.2. The van der Waals surface area contributed by atoms with Gasteiger partial charge in [-0.1, -0.05) is 23.7 Å². The van der Waals surface area contributed by atoms with E-state index in [-0.39, 0.29) is 12.5 Å². The number of fused-ring (bicyclic) bond motifs is 1. The standard InChI is InChI=1S/C20H23ClN6O2/c1-13-18-19(25(3)24-13)20(23-14(2)22-18)27-10-8-26(9-11-27)17(28)12-29-16-7-5-4-6-15(16)21/h4-7H,8-12H2,1-3H3. The van der Waals surface area contributed by atoms with Crippen LogP contribution >= 0.6 is 11.6 Å². The highest BCUT2D eigenvalue weighted by molar-refractivity contribution is 6.32. The van der Waals surface area contributed by atoms with Crippen LogP contribution in [0.15, 0.2) is 24.3 Å². The van der Waals surface area contributed by atoms with Crippen LogP contribution in [0, 0.1) is 13.8 Å². The Kier molecular flexibility index (Phi) is 5.27. The molecule has 3 heterocycles. The van der Waals surface area contributed by atoms with E-state index in [0.29, 0.717) is 37.0 Å². The number of hydrogen-bond donors (Lipinski definition) is 0. The zero-order valence-electron chi connectivity index (χ0n) is 16.7. The summed E-state index contributed by atoms with van der Waals surface area (Å²) in [4.78, 5) is 25.8. The van der Waals surface area contributed by atoms with Crippen LogP contribution in [0.3, 0.4) is 0 Å². The fourth-order valence-corrected chi connectivity index (χ4v) is 3.80. The summed E-state index contributed by atoms with van der Waals surface area (Å²) in [6.45, 7) is 6.40. The summed E-state index contributed by atoms with van der Waals surface area (Å²) in [7, 11) is 1.91. The maximum absolute atomic E-state index is 12.5. The fraction of sp³-hybridized carbons (Fsp3) is 0.400. The Morgan fingerprint density at radius 3 is 2.59 bits per heavy atom. The Morgan fingerprint density at radius 2 is 1.86 bits per heavy atom. The molecule has 2 aromatic heterocycles. The first-order valence-corrected chi connectivity index (χ1v) is 9.90. The predicted octanol–water partition coefficient (Wildman–Crippen LogP) is 2.36. The van der Waals surface area contributed by atoms with Crippen LogP contribution in [0.4, 0.5) is 5.82 Å². The van der Waals surface area contributed by atoms with Crippen molar-refractivity contribution in [3.8, 4) is 5.75 Å². The van der Waals surface area contributed by atoms with Gasteiger partial charge in [0.1, 0.15) is 22.6 Å². The van der Waals surface area contributed by atoms with Crippen LogP contribution in [-0.2, 0) is 11.8 Å². The molecule has 0 atom stereocenters. The van der Waals surface area contributed by atoms with E-state index in [1.165, 1.54) is 0 Å². The van der Waals surface area contributed by atoms with Gasteiger partial charge in [-0.2, -0.15) is 5.10 Å². The summed E-state index contributed by atoms with van der Waals surface area (Å²) >= 11 is 6.08. The summed E-state index contributed by atoms with van der Waals surface area (Å²) in [6, 6.07) is 7.15. The van der Waals surface area contributed by atoms with Crippen molar-refractivity contribution in [1.82, 2.24) is 24.6 Å². The highest BCUT2D eigenvalue weighted by Crippen LogP contribution is 2.27. The number of nitrogens with zero attached hydrogens (tertiary/aromatic N) is 6. The van der Waals surface area contributed by atoms with E-state index >= 15 is 0 Å². The minimum atomic E-state index is -0.0510. The maximum atomic E-state index is 12.5. The first-order chi connectivity index (χ1) is 13.9. The molecule has 1 aromatic carbocycles. The van der Waals surface area contributed by atoms with E-state index in [4.69, 9.17) is 16.3 Å². The monoisotopic (exact) mass is 414 g/mol. The molecule has 8 nitrogen and oxygen atoms in total. The molecule has 9 heteroatoms. The second-order valence-electron chi connectivity index (χ2n) is 7.09. The summed E-state index contributed by atoms with van der Waals surface area (Å²) in [6.07, 6.45) is 0. The summed E-state index contributed by atoms with van der Waals surface area (Å²) in [5, 5.41) is 4.99. The van der Waals surface area contributed by atoms with Crippen molar-refractivity contribution in [2.45, 2.75) is 13.8 Å². The quantitative estimate of drug-likeness (QED) is 0.652. The van der Waals surface area contributed by atoms with Crippen LogP contribution in [0.5, 0.6) is 5.75 Å². The number of aromatic nitrogens is 4. The molecule has 0 aliphatic carbocycles. The van der Waals surface area contributed by atoms with Crippen molar-refractivity contribution in [2.75, 3.05) is 37.7 Å². The highest BCUT2D eigenvalue weighted by Gasteiger charge is 2.25. The van der Waals surface area contributed by atoms with Gasteiger partial charge < -0.3 is 14.5 Å². The maximum Gasteiger partial charge on any atom is 0.260 e. The number of ether oxygens (including phenoxy) is 1. The van der Waals surface area contributed by atoms with E-state index in [1.54, 1.807) is 12.1 Å². The topological polar surface area (TPSA) is 76.4 Å². The number of benzene rings is 1. The van der Waals surface area contributed by atoms with E-state index in [9.17, 15) is 4.79 Å². The molecule has 0 N–H and O–H groups in total. The van der Waals surface area contributed by atoms with Crippen LogP contribution in [-0.4, -0.2) is 63.3 Å². The Hall–Kier alpha value is -2.87. The zero-order valence-corrected chi connectivity index (χ0v) is 17.5. The zero-order chi connectivity index (χ0) is 20.5. The summed E-state index contributed by atoms with van der Waals surface area (Å²) < 4.78 is 7.41. The molecule has 1 fully saturated rings. The van der Waals surface area contributed by atoms with Crippen LogP contribution in [0.25, 0.3) is 11.0 Å². The number of aryl methyl sites for hydroxylation is 3. The number of rotatable bonds is 4. The normalized spacial score (nSPS) is 14.5. The van der Waals surface area contributed by atoms with Crippen LogP contribution < -0.4 is 9.64 Å². The third-order valence-electron chi connectivity index (χ3n) is 5.06. The van der Waals surface area contributed by atoms with Gasteiger partial charge in [0.15, 0.2) is 12.4 Å². The number of carbonyl (C=O) groups excluding carboxylic acids is 1. The lowest BCUT2D eigenvalue weighted by molar-refractivity contribution is -0.133. The first kappa shape index (κ1) is 19.4. The Morgan fingerprint density at radius 1 is 1.14 bits per heavy atom. The summed E-state index contributed by atoms with van der Waals surface area (Å²) in [5.41, 5.74) is 2.69. The molecule has 0 unspecified atom stereocenters. The van der Waals surface area contributed by atoms with Gasteiger partial charge in [-0.25, -0.2) is 9.97 Å². The van der Waals surface area contributed by atoms with Crippen molar-refractivity contribution in [3.63, 3.8) is 0 Å². The smallest absolute Gasteiger partial charge is 0.260 e. The fourth-order valence-electron chi connectivity index (χ4n) is 3.61. The third kappa shape index (κ3) is 3.85. The molecular weight excluding hydrogens is 392 g/mol. The van der Waals surface area contributed by atoms with Gasteiger partial charge in [-0.05, 0) is 26.0 Å². The van der Waals surface area contributed by atoms with E-state index in [2.05, 4.69) is 20.0 Å². The second-order valence-corrected chi connectivity index (χ2v) is 7.49. The van der Waals surface area contributed by atoms with E-state index in [0.717, 1.165) is 28.4 Å². The Bertz CT molecular complexity index is 1060. The average Bonchev–Trinajstić information content (AvgIpc) is 3.00. The minimum absolute atomic E-state index is 0.0263. The van der Waals surface area contributed by atoms with E-state index < -0.39 is 0 Å². The van der Waals surface area contributed by atoms with Gasteiger partial charge in [0.25, 0.3) is 5.91 Å². The molecule has 1 saturated heterocycles. The number of carbonyl (C=O) groups is 1. The van der Waals surface area contributed by atoms with Crippen molar-refractivity contribution in [1.29, 1.82) is 0 Å². The number of halogens is 1. The van der Waals surface area contributed by atoms with Crippen molar-refractivity contribution in [3.05, 3.63) is 40.8 Å². The van der Waals surface area contributed by atoms with Crippen molar-refractivity contribution < 1.29 is 9.53 Å². The number of amides is 1. The van der Waals surface area contributed by atoms with Gasteiger partial charge in [-0.15, -0.1) is 0 Å². The van der Waals surface area contributed by atoms with Gasteiger partial charge >= 0.3 is 0 Å². The van der Waals surface area contributed by atoms with Gasteiger partial charge in [0.2, 0.25) is 0 Å². The van der Waals surface area contributed by atoms with E-state index in [1.807, 2.05) is 42.6 Å². The highest BCUT2D eigenvalue weighted by atomic mass is 35.5. The third-order valence-corrected chi connectivity index (χ3v) is 5.38. The Balaban J connectivity index is 1.43. The summed E-state index contributed by atoms with van der Waals surface area (Å²) in [5.74, 6) is 2.06. The molecule has 3 aromatic rings. The van der Waals surface area contributed by atoms with Crippen molar-refractivity contribution in [2.24, 2.45) is 7.05 Å². The molecule has 1 amide bonds. The number of anilines is 1. The number of para-hydroxylation sites is 1. The number of hydrogen-bond acceptors (Lipinski definition) is 6. The molecule has 0 spiro atoms.